The van der Waals surface area contributed by atoms with Gasteiger partial charge in [-0.05, 0) is 35.8 Å². The van der Waals surface area contributed by atoms with Crippen LogP contribution in [0.4, 0.5) is 4.39 Å². The lowest BCUT2D eigenvalue weighted by Crippen LogP contribution is -2.00. The summed E-state index contributed by atoms with van der Waals surface area (Å²) in [6.45, 7) is 2.02. The Kier molecular flexibility index (Phi) is 4.76. The molecule has 108 valence electrons. The first-order valence-corrected chi connectivity index (χ1v) is 6.89. The van der Waals surface area contributed by atoms with Crippen molar-refractivity contribution in [2.75, 3.05) is 0 Å². The monoisotopic (exact) mass is 304 g/mol. The Morgan fingerprint density at radius 1 is 1.24 bits per heavy atom. The molecule has 0 aliphatic heterocycles. The molecule has 0 aliphatic carbocycles. The van der Waals surface area contributed by atoms with E-state index in [4.69, 9.17) is 11.6 Å². The van der Waals surface area contributed by atoms with E-state index in [9.17, 15) is 14.3 Å². The molecular formula is C17H14ClFO2. The molecule has 0 fully saturated rings. The molecule has 2 rings (SSSR count). The van der Waals surface area contributed by atoms with Crippen LogP contribution in [-0.2, 0) is 11.2 Å². The molecule has 2 nitrogen and oxygen atoms in total. The Morgan fingerprint density at radius 2 is 1.90 bits per heavy atom. The molecule has 21 heavy (non-hydrogen) atoms. The summed E-state index contributed by atoms with van der Waals surface area (Å²) >= 11 is 5.94. The predicted molar refractivity (Wildman–Crippen MR) is 82.7 cm³/mol. The fourth-order valence-corrected chi connectivity index (χ4v) is 2.20. The fraction of sp³-hybridized carbons (Fsp3) is 0.118. The Hall–Kier alpha value is -2.13. The zero-order valence-corrected chi connectivity index (χ0v) is 12.2. The average molecular weight is 305 g/mol. The van der Waals surface area contributed by atoms with Gasteiger partial charge in [-0.1, -0.05) is 48.9 Å². The summed E-state index contributed by atoms with van der Waals surface area (Å²) in [4.78, 5) is 11.4. The summed E-state index contributed by atoms with van der Waals surface area (Å²) in [6, 6.07) is 11.4. The zero-order valence-electron chi connectivity index (χ0n) is 11.4. The van der Waals surface area contributed by atoms with Crippen molar-refractivity contribution in [1.82, 2.24) is 0 Å². The maximum atomic E-state index is 13.8. The van der Waals surface area contributed by atoms with Gasteiger partial charge in [-0.15, -0.1) is 0 Å². The molecule has 0 atom stereocenters. The Morgan fingerprint density at radius 3 is 2.43 bits per heavy atom. The van der Waals surface area contributed by atoms with Gasteiger partial charge in [0.15, 0.2) is 0 Å². The first-order valence-electron chi connectivity index (χ1n) is 6.51. The van der Waals surface area contributed by atoms with Crippen LogP contribution in [0, 0.1) is 5.82 Å². The summed E-state index contributed by atoms with van der Waals surface area (Å²) in [5, 5.41) is 9.54. The van der Waals surface area contributed by atoms with Crippen molar-refractivity contribution in [2.45, 2.75) is 13.3 Å². The number of aryl methyl sites for hydroxylation is 1. The lowest BCUT2D eigenvalue weighted by molar-refractivity contribution is -0.130. The second kappa shape index (κ2) is 6.55. The lowest BCUT2D eigenvalue weighted by atomic mass is 10.0. The van der Waals surface area contributed by atoms with E-state index in [-0.39, 0.29) is 16.2 Å². The Bertz CT molecular complexity index is 670. The van der Waals surface area contributed by atoms with Crippen molar-refractivity contribution in [3.63, 3.8) is 0 Å². The number of rotatable bonds is 4. The minimum atomic E-state index is -1.13. The van der Waals surface area contributed by atoms with Crippen molar-refractivity contribution < 1.29 is 14.3 Å². The third-order valence-electron chi connectivity index (χ3n) is 3.19. The average Bonchev–Trinajstić information content (AvgIpc) is 2.47. The van der Waals surface area contributed by atoms with Crippen LogP contribution >= 0.6 is 11.6 Å². The molecule has 0 saturated heterocycles. The highest BCUT2D eigenvalue weighted by molar-refractivity contribution is 6.33. The standard InChI is InChI=1S/C17H14ClFO2/c1-2-11-6-8-12(9-7-11)13(17(20)21)10-14-15(18)4-3-5-16(14)19/h3-10H,2H2,1H3,(H,20,21)/b13-10-. The molecule has 0 spiro atoms. The van der Waals surface area contributed by atoms with Crippen LogP contribution in [0.1, 0.15) is 23.6 Å². The van der Waals surface area contributed by atoms with Gasteiger partial charge in [-0.2, -0.15) is 0 Å². The highest BCUT2D eigenvalue weighted by Crippen LogP contribution is 2.26. The molecule has 0 amide bonds. The highest BCUT2D eigenvalue weighted by atomic mass is 35.5. The van der Waals surface area contributed by atoms with Crippen molar-refractivity contribution in [1.29, 1.82) is 0 Å². The molecule has 1 N–H and O–H groups in total. The minimum absolute atomic E-state index is 0.00431. The van der Waals surface area contributed by atoms with Gasteiger partial charge in [-0.25, -0.2) is 9.18 Å². The lowest BCUT2D eigenvalue weighted by Gasteiger charge is -2.06. The maximum Gasteiger partial charge on any atom is 0.336 e. The normalized spacial score (nSPS) is 11.5. The second-order valence-electron chi connectivity index (χ2n) is 4.55. The second-order valence-corrected chi connectivity index (χ2v) is 4.96. The van der Waals surface area contributed by atoms with Crippen LogP contribution in [0.2, 0.25) is 5.02 Å². The highest BCUT2D eigenvalue weighted by Gasteiger charge is 2.13. The van der Waals surface area contributed by atoms with Crippen molar-refractivity contribution in [2.24, 2.45) is 0 Å². The van der Waals surface area contributed by atoms with E-state index in [1.807, 2.05) is 19.1 Å². The number of aliphatic carboxylic acids is 1. The molecule has 0 heterocycles. The number of hydrogen-bond acceptors (Lipinski definition) is 1. The van der Waals surface area contributed by atoms with Crippen molar-refractivity contribution in [3.05, 3.63) is 70.0 Å². The van der Waals surface area contributed by atoms with Gasteiger partial charge >= 0.3 is 5.97 Å². The topological polar surface area (TPSA) is 37.3 Å². The van der Waals surface area contributed by atoms with Gasteiger partial charge in [0.2, 0.25) is 0 Å². The smallest absolute Gasteiger partial charge is 0.336 e. The predicted octanol–water partition coefficient (Wildman–Crippen LogP) is 4.67. The molecule has 0 unspecified atom stereocenters. The van der Waals surface area contributed by atoms with E-state index in [0.29, 0.717) is 5.56 Å². The largest absolute Gasteiger partial charge is 0.478 e. The van der Waals surface area contributed by atoms with E-state index < -0.39 is 11.8 Å². The van der Waals surface area contributed by atoms with E-state index in [1.165, 1.54) is 24.3 Å². The van der Waals surface area contributed by atoms with E-state index >= 15 is 0 Å². The number of benzene rings is 2. The third-order valence-corrected chi connectivity index (χ3v) is 3.52. The van der Waals surface area contributed by atoms with E-state index in [0.717, 1.165) is 12.0 Å². The van der Waals surface area contributed by atoms with Gasteiger partial charge in [0.25, 0.3) is 0 Å². The van der Waals surface area contributed by atoms with E-state index in [1.54, 1.807) is 12.1 Å². The summed E-state index contributed by atoms with van der Waals surface area (Å²) in [5.41, 5.74) is 1.70. The minimum Gasteiger partial charge on any atom is -0.478 e. The number of carbonyl (C=O) groups is 1. The quantitative estimate of drug-likeness (QED) is 0.658. The Labute approximate surface area is 127 Å². The van der Waals surface area contributed by atoms with Crippen molar-refractivity contribution >= 4 is 29.2 Å². The van der Waals surface area contributed by atoms with Gasteiger partial charge in [0.1, 0.15) is 5.82 Å². The Balaban J connectivity index is 2.52. The maximum absolute atomic E-state index is 13.8. The molecule has 0 aliphatic rings. The van der Waals surface area contributed by atoms with Crippen molar-refractivity contribution in [3.8, 4) is 0 Å². The van der Waals surface area contributed by atoms with Gasteiger partial charge in [-0.3, -0.25) is 0 Å². The fourth-order valence-electron chi connectivity index (χ4n) is 1.98. The van der Waals surface area contributed by atoms with Crippen LogP contribution in [0.5, 0.6) is 0 Å². The number of carboxylic acids is 1. The van der Waals surface area contributed by atoms with Crippen LogP contribution in [-0.4, -0.2) is 11.1 Å². The summed E-state index contributed by atoms with van der Waals surface area (Å²) in [6.07, 6.45) is 2.13. The first-order chi connectivity index (χ1) is 10.0. The molecule has 0 bridgehead atoms. The molecular weight excluding hydrogens is 291 g/mol. The van der Waals surface area contributed by atoms with Crippen LogP contribution in [0.15, 0.2) is 42.5 Å². The number of hydrogen-bond donors (Lipinski definition) is 1. The molecule has 0 aromatic heterocycles. The summed E-state index contributed by atoms with van der Waals surface area (Å²) < 4.78 is 13.8. The first kappa shape index (κ1) is 15.3. The van der Waals surface area contributed by atoms with Crippen LogP contribution in [0.3, 0.4) is 0 Å². The SMILES string of the molecule is CCc1ccc(/C(=C/c2c(F)cccc2Cl)C(=O)O)cc1. The summed E-state index contributed by atoms with van der Waals surface area (Å²) in [7, 11) is 0. The van der Waals surface area contributed by atoms with Gasteiger partial charge < -0.3 is 5.11 Å². The number of halogens is 2. The number of carboxylic acid groups (broad SMARTS) is 1. The molecule has 0 saturated carbocycles. The third kappa shape index (κ3) is 3.50. The molecule has 2 aromatic carbocycles. The molecule has 2 aromatic rings. The van der Waals surface area contributed by atoms with Crippen LogP contribution < -0.4 is 0 Å². The van der Waals surface area contributed by atoms with E-state index in [2.05, 4.69) is 0 Å². The zero-order chi connectivity index (χ0) is 15.4. The van der Waals surface area contributed by atoms with Gasteiger partial charge in [0, 0.05) is 5.56 Å². The van der Waals surface area contributed by atoms with Crippen LogP contribution in [0.25, 0.3) is 11.6 Å². The summed E-state index contributed by atoms with van der Waals surface area (Å²) in [5.74, 6) is -1.68. The molecule has 4 heteroatoms. The van der Waals surface area contributed by atoms with Gasteiger partial charge in [0.05, 0.1) is 10.6 Å². The molecule has 0 radical (unpaired) electrons.